The van der Waals surface area contributed by atoms with E-state index in [4.69, 9.17) is 9.47 Å². The molecule has 0 aliphatic carbocycles. The molecule has 1 aromatic heterocycles. The molecule has 0 bridgehead atoms. The van der Waals surface area contributed by atoms with Crippen LogP contribution < -0.4 is 9.47 Å². The van der Waals surface area contributed by atoms with E-state index in [0.29, 0.717) is 18.8 Å². The first-order valence-electron chi connectivity index (χ1n) is 7.50. The van der Waals surface area contributed by atoms with E-state index in [0.717, 1.165) is 33.3 Å². The SMILES string of the molecule is COc1cc2c(cc1OC)CN(C(=O)c1sc(C)nc1C)CC2. The van der Waals surface area contributed by atoms with Crippen LogP contribution in [0.5, 0.6) is 11.5 Å². The summed E-state index contributed by atoms with van der Waals surface area (Å²) in [5, 5.41) is 0.926. The van der Waals surface area contributed by atoms with Gasteiger partial charge in [0.15, 0.2) is 11.5 Å². The maximum atomic E-state index is 12.8. The molecule has 0 fully saturated rings. The van der Waals surface area contributed by atoms with E-state index >= 15 is 0 Å². The molecule has 122 valence electrons. The highest BCUT2D eigenvalue weighted by Gasteiger charge is 2.26. The van der Waals surface area contributed by atoms with Gasteiger partial charge in [-0.25, -0.2) is 4.98 Å². The van der Waals surface area contributed by atoms with Crippen molar-refractivity contribution in [2.45, 2.75) is 26.8 Å². The fourth-order valence-corrected chi connectivity index (χ4v) is 3.82. The summed E-state index contributed by atoms with van der Waals surface area (Å²) in [5.74, 6) is 1.50. The molecular weight excluding hydrogens is 312 g/mol. The third-order valence-electron chi connectivity index (χ3n) is 4.10. The molecule has 5 nitrogen and oxygen atoms in total. The fourth-order valence-electron chi connectivity index (χ4n) is 2.93. The van der Waals surface area contributed by atoms with Crippen molar-refractivity contribution in [1.82, 2.24) is 9.88 Å². The molecule has 0 N–H and O–H groups in total. The average Bonchev–Trinajstić information content (AvgIpc) is 2.90. The number of hydrogen-bond donors (Lipinski definition) is 0. The second kappa shape index (κ2) is 6.20. The Bertz CT molecular complexity index is 755. The van der Waals surface area contributed by atoms with Gasteiger partial charge < -0.3 is 14.4 Å². The van der Waals surface area contributed by atoms with Gasteiger partial charge in [-0.1, -0.05) is 0 Å². The van der Waals surface area contributed by atoms with Gasteiger partial charge in [-0.3, -0.25) is 4.79 Å². The van der Waals surface area contributed by atoms with Crippen LogP contribution in [0.1, 0.15) is 31.5 Å². The molecule has 23 heavy (non-hydrogen) atoms. The van der Waals surface area contributed by atoms with Crippen LogP contribution in [-0.4, -0.2) is 36.6 Å². The van der Waals surface area contributed by atoms with E-state index in [1.165, 1.54) is 16.9 Å². The van der Waals surface area contributed by atoms with Crippen LogP contribution in [0.3, 0.4) is 0 Å². The third kappa shape index (κ3) is 2.91. The molecule has 0 unspecified atom stereocenters. The number of carbonyl (C=O) groups excluding carboxylic acids is 1. The molecule has 0 saturated heterocycles. The highest BCUT2D eigenvalue weighted by Crippen LogP contribution is 2.34. The van der Waals surface area contributed by atoms with E-state index in [1.54, 1.807) is 14.2 Å². The Balaban J connectivity index is 1.87. The Hall–Kier alpha value is -2.08. The second-order valence-corrected chi connectivity index (χ2v) is 6.80. The van der Waals surface area contributed by atoms with Crippen molar-refractivity contribution in [2.75, 3.05) is 20.8 Å². The van der Waals surface area contributed by atoms with Gasteiger partial charge in [-0.2, -0.15) is 0 Å². The first kappa shape index (κ1) is 15.8. The summed E-state index contributed by atoms with van der Waals surface area (Å²) < 4.78 is 10.7. The molecule has 1 aliphatic rings. The zero-order valence-corrected chi connectivity index (χ0v) is 14.6. The first-order valence-corrected chi connectivity index (χ1v) is 8.32. The van der Waals surface area contributed by atoms with Gasteiger partial charge in [-0.05, 0) is 43.5 Å². The number of amides is 1. The summed E-state index contributed by atoms with van der Waals surface area (Å²) in [5.41, 5.74) is 3.14. The van der Waals surface area contributed by atoms with Crippen molar-refractivity contribution in [3.8, 4) is 11.5 Å². The second-order valence-electron chi connectivity index (χ2n) is 5.60. The van der Waals surface area contributed by atoms with E-state index in [9.17, 15) is 4.79 Å². The van der Waals surface area contributed by atoms with Gasteiger partial charge in [-0.15, -0.1) is 11.3 Å². The average molecular weight is 332 g/mol. The van der Waals surface area contributed by atoms with E-state index < -0.39 is 0 Å². The number of fused-ring (bicyclic) bond motifs is 1. The molecule has 3 rings (SSSR count). The van der Waals surface area contributed by atoms with E-state index in [-0.39, 0.29) is 5.91 Å². The summed E-state index contributed by atoms with van der Waals surface area (Å²) in [4.78, 5) is 19.7. The van der Waals surface area contributed by atoms with Crippen molar-refractivity contribution in [2.24, 2.45) is 0 Å². The summed E-state index contributed by atoms with van der Waals surface area (Å²) in [6, 6.07) is 3.98. The standard InChI is InChI=1S/C17H20N2O3S/c1-10-16(23-11(2)18-10)17(20)19-6-5-12-7-14(21-3)15(22-4)8-13(12)9-19/h7-8H,5-6,9H2,1-4H3. The number of thiazole rings is 1. The Labute approximate surface area is 139 Å². The van der Waals surface area contributed by atoms with Crippen LogP contribution in [0, 0.1) is 13.8 Å². The number of methoxy groups -OCH3 is 2. The van der Waals surface area contributed by atoms with E-state index in [2.05, 4.69) is 4.98 Å². The normalized spacial score (nSPS) is 13.7. The quantitative estimate of drug-likeness (QED) is 0.867. The Morgan fingerprint density at radius 3 is 2.39 bits per heavy atom. The minimum absolute atomic E-state index is 0.0635. The Morgan fingerprint density at radius 1 is 1.17 bits per heavy atom. The lowest BCUT2D eigenvalue weighted by Crippen LogP contribution is -2.35. The molecule has 0 saturated carbocycles. The number of carbonyl (C=O) groups is 1. The first-order chi connectivity index (χ1) is 11.0. The Morgan fingerprint density at radius 2 is 1.83 bits per heavy atom. The molecule has 0 atom stereocenters. The van der Waals surface area contributed by atoms with Crippen LogP contribution in [0.4, 0.5) is 0 Å². The van der Waals surface area contributed by atoms with Crippen LogP contribution in [0.15, 0.2) is 12.1 Å². The van der Waals surface area contributed by atoms with Gasteiger partial charge in [0.1, 0.15) is 4.88 Å². The van der Waals surface area contributed by atoms with Crippen LogP contribution >= 0.6 is 11.3 Å². The largest absolute Gasteiger partial charge is 0.493 e. The summed E-state index contributed by atoms with van der Waals surface area (Å²) in [6.07, 6.45) is 0.818. The molecule has 0 spiro atoms. The molecule has 1 amide bonds. The molecule has 1 aliphatic heterocycles. The van der Waals surface area contributed by atoms with Crippen molar-refractivity contribution >= 4 is 17.2 Å². The predicted molar refractivity (Wildman–Crippen MR) is 89.6 cm³/mol. The predicted octanol–water partition coefficient (Wildman–Crippen LogP) is 2.98. The van der Waals surface area contributed by atoms with E-state index in [1.807, 2.05) is 30.9 Å². The highest BCUT2D eigenvalue weighted by atomic mass is 32.1. The van der Waals surface area contributed by atoms with Crippen molar-refractivity contribution in [3.63, 3.8) is 0 Å². The monoisotopic (exact) mass is 332 g/mol. The lowest BCUT2D eigenvalue weighted by Gasteiger charge is -2.29. The number of hydrogen-bond acceptors (Lipinski definition) is 5. The number of aryl methyl sites for hydroxylation is 2. The number of aromatic nitrogens is 1. The maximum Gasteiger partial charge on any atom is 0.266 e. The zero-order valence-electron chi connectivity index (χ0n) is 13.8. The van der Waals surface area contributed by atoms with Gasteiger partial charge in [0.05, 0.1) is 24.9 Å². The smallest absolute Gasteiger partial charge is 0.266 e. The number of benzene rings is 1. The Kier molecular flexibility index (Phi) is 4.26. The van der Waals surface area contributed by atoms with Crippen LogP contribution in [0.25, 0.3) is 0 Å². The molecule has 6 heteroatoms. The molecular formula is C17H20N2O3S. The van der Waals surface area contributed by atoms with Crippen molar-refractivity contribution in [1.29, 1.82) is 0 Å². The van der Waals surface area contributed by atoms with Crippen molar-refractivity contribution in [3.05, 3.63) is 38.8 Å². The number of ether oxygens (including phenoxy) is 2. The maximum absolute atomic E-state index is 12.8. The molecule has 2 heterocycles. The van der Waals surface area contributed by atoms with Crippen LogP contribution in [0.2, 0.25) is 0 Å². The van der Waals surface area contributed by atoms with Gasteiger partial charge in [0, 0.05) is 13.1 Å². The lowest BCUT2D eigenvalue weighted by atomic mass is 9.98. The minimum atomic E-state index is 0.0635. The highest BCUT2D eigenvalue weighted by molar-refractivity contribution is 7.13. The minimum Gasteiger partial charge on any atom is -0.493 e. The van der Waals surface area contributed by atoms with Gasteiger partial charge in [0.2, 0.25) is 0 Å². The number of rotatable bonds is 3. The number of nitrogens with zero attached hydrogens (tertiary/aromatic N) is 2. The van der Waals surface area contributed by atoms with Gasteiger partial charge >= 0.3 is 0 Å². The van der Waals surface area contributed by atoms with Crippen molar-refractivity contribution < 1.29 is 14.3 Å². The fraction of sp³-hybridized carbons (Fsp3) is 0.412. The van der Waals surface area contributed by atoms with Gasteiger partial charge in [0.25, 0.3) is 5.91 Å². The zero-order chi connectivity index (χ0) is 16.6. The summed E-state index contributed by atoms with van der Waals surface area (Å²) in [6.45, 7) is 5.11. The third-order valence-corrected chi connectivity index (χ3v) is 5.16. The summed E-state index contributed by atoms with van der Waals surface area (Å²) in [7, 11) is 3.26. The molecule has 0 radical (unpaired) electrons. The topological polar surface area (TPSA) is 51.7 Å². The molecule has 2 aromatic rings. The molecule has 1 aromatic carbocycles. The summed E-state index contributed by atoms with van der Waals surface area (Å²) >= 11 is 1.46. The van der Waals surface area contributed by atoms with Crippen LogP contribution in [-0.2, 0) is 13.0 Å². The lowest BCUT2D eigenvalue weighted by molar-refractivity contribution is 0.0738.